The molecule has 1 N–H and O–H groups in total. The molecule has 140 valence electrons. The Hall–Kier alpha value is -1.92. The van der Waals surface area contributed by atoms with Gasteiger partial charge in [-0.05, 0) is 45.0 Å². The van der Waals surface area contributed by atoms with Crippen molar-refractivity contribution in [1.29, 1.82) is 0 Å². The van der Waals surface area contributed by atoms with E-state index in [1.807, 2.05) is 6.92 Å². The van der Waals surface area contributed by atoms with E-state index >= 15 is 0 Å². The standard InChI is InChI=1S/C19H23ClFN3O2/c1-3-16-23-12(2)18(26-16)19(25)22-11-15(24-9-4-5-10-24)17-13(20)7-6-8-14(17)21/h6-8,15H,3-5,9-11H2,1-2H3,(H,22,25). The average molecular weight is 380 g/mol. The highest BCUT2D eigenvalue weighted by Crippen LogP contribution is 2.32. The number of amides is 1. The summed E-state index contributed by atoms with van der Waals surface area (Å²) in [5, 5.41) is 3.24. The molecule has 1 aliphatic rings. The number of halogens is 2. The molecule has 1 atom stereocenters. The van der Waals surface area contributed by atoms with Gasteiger partial charge in [-0.25, -0.2) is 9.37 Å². The highest BCUT2D eigenvalue weighted by Gasteiger charge is 2.29. The smallest absolute Gasteiger partial charge is 0.289 e. The fraction of sp³-hybridized carbons (Fsp3) is 0.474. The maximum absolute atomic E-state index is 14.5. The minimum absolute atomic E-state index is 0.210. The second kappa shape index (κ2) is 8.18. The summed E-state index contributed by atoms with van der Waals surface area (Å²) in [4.78, 5) is 18.9. The lowest BCUT2D eigenvalue weighted by Gasteiger charge is -2.29. The van der Waals surface area contributed by atoms with Crippen LogP contribution in [0.4, 0.5) is 4.39 Å². The third-order valence-electron chi connectivity index (χ3n) is 4.72. The zero-order valence-corrected chi connectivity index (χ0v) is 15.8. The molecule has 1 fully saturated rings. The fourth-order valence-electron chi connectivity index (χ4n) is 3.38. The number of aromatic nitrogens is 1. The molecule has 26 heavy (non-hydrogen) atoms. The van der Waals surface area contributed by atoms with Gasteiger partial charge >= 0.3 is 0 Å². The predicted molar refractivity (Wildman–Crippen MR) is 97.9 cm³/mol. The van der Waals surface area contributed by atoms with Crippen LogP contribution in [0.3, 0.4) is 0 Å². The summed E-state index contributed by atoms with van der Waals surface area (Å²) in [7, 11) is 0. The number of nitrogens with zero attached hydrogens (tertiary/aromatic N) is 2. The van der Waals surface area contributed by atoms with Gasteiger partial charge in [0.15, 0.2) is 5.89 Å². The number of carbonyl (C=O) groups excluding carboxylic acids is 1. The van der Waals surface area contributed by atoms with Crippen molar-refractivity contribution in [3.63, 3.8) is 0 Å². The molecule has 3 rings (SSSR count). The van der Waals surface area contributed by atoms with Crippen molar-refractivity contribution >= 4 is 17.5 Å². The van der Waals surface area contributed by atoms with Gasteiger partial charge in [0, 0.05) is 23.6 Å². The molecule has 1 aliphatic heterocycles. The topological polar surface area (TPSA) is 58.4 Å². The predicted octanol–water partition coefficient (Wildman–Crippen LogP) is 3.90. The molecular weight excluding hydrogens is 357 g/mol. The number of hydrogen-bond acceptors (Lipinski definition) is 4. The molecule has 1 amide bonds. The Balaban J connectivity index is 1.80. The first-order chi connectivity index (χ1) is 12.5. The molecule has 7 heteroatoms. The van der Waals surface area contributed by atoms with Crippen molar-refractivity contribution in [2.24, 2.45) is 0 Å². The van der Waals surface area contributed by atoms with Crippen LogP contribution in [0, 0.1) is 12.7 Å². The summed E-state index contributed by atoms with van der Waals surface area (Å²) in [5.41, 5.74) is 0.987. The molecule has 1 unspecified atom stereocenters. The van der Waals surface area contributed by atoms with E-state index in [0.717, 1.165) is 25.9 Å². The van der Waals surface area contributed by atoms with E-state index in [2.05, 4.69) is 15.2 Å². The number of oxazole rings is 1. The van der Waals surface area contributed by atoms with Crippen LogP contribution in [0.15, 0.2) is 22.6 Å². The van der Waals surface area contributed by atoms with Crippen LogP contribution >= 0.6 is 11.6 Å². The SMILES string of the molecule is CCc1nc(C)c(C(=O)NCC(c2c(F)cccc2Cl)N2CCCC2)o1. The minimum Gasteiger partial charge on any atom is -0.435 e. The fourth-order valence-corrected chi connectivity index (χ4v) is 3.67. The van der Waals surface area contributed by atoms with Crippen molar-refractivity contribution in [1.82, 2.24) is 15.2 Å². The summed E-state index contributed by atoms with van der Waals surface area (Å²) < 4.78 is 20.0. The third-order valence-corrected chi connectivity index (χ3v) is 5.05. The second-order valence-corrected chi connectivity index (χ2v) is 6.89. The Morgan fingerprint density at radius 1 is 1.42 bits per heavy atom. The monoisotopic (exact) mass is 379 g/mol. The van der Waals surface area contributed by atoms with Gasteiger partial charge in [0.2, 0.25) is 5.76 Å². The lowest BCUT2D eigenvalue weighted by Crippen LogP contribution is -2.37. The Morgan fingerprint density at radius 3 is 2.77 bits per heavy atom. The minimum atomic E-state index is -0.354. The van der Waals surface area contributed by atoms with E-state index in [0.29, 0.717) is 28.6 Å². The molecular formula is C19H23ClFN3O2. The maximum atomic E-state index is 14.5. The van der Waals surface area contributed by atoms with Crippen molar-refractivity contribution in [2.75, 3.05) is 19.6 Å². The molecule has 1 aromatic heterocycles. The molecule has 0 bridgehead atoms. The molecule has 1 aromatic carbocycles. The maximum Gasteiger partial charge on any atom is 0.289 e. The summed E-state index contributed by atoms with van der Waals surface area (Å²) in [6.45, 7) is 5.61. The second-order valence-electron chi connectivity index (χ2n) is 6.48. The number of benzene rings is 1. The van der Waals surface area contributed by atoms with Gasteiger partial charge in [0.1, 0.15) is 5.82 Å². The molecule has 1 saturated heterocycles. The van der Waals surface area contributed by atoms with Gasteiger partial charge in [0.05, 0.1) is 11.7 Å². The van der Waals surface area contributed by atoms with E-state index in [1.54, 1.807) is 19.1 Å². The molecule has 0 aliphatic carbocycles. The number of carbonyl (C=O) groups is 1. The summed E-state index contributed by atoms with van der Waals surface area (Å²) in [5.74, 6) is 0.0432. The first-order valence-electron chi connectivity index (χ1n) is 8.93. The molecule has 0 radical (unpaired) electrons. The number of hydrogen-bond donors (Lipinski definition) is 1. The summed E-state index contributed by atoms with van der Waals surface area (Å²) >= 11 is 6.27. The van der Waals surface area contributed by atoms with Gasteiger partial charge in [0.25, 0.3) is 5.91 Å². The molecule has 2 heterocycles. The van der Waals surface area contributed by atoms with Crippen LogP contribution in [0.5, 0.6) is 0 Å². The van der Waals surface area contributed by atoms with Crippen LogP contribution in [0.25, 0.3) is 0 Å². The lowest BCUT2D eigenvalue weighted by molar-refractivity contribution is 0.0907. The van der Waals surface area contributed by atoms with E-state index in [4.69, 9.17) is 16.0 Å². The Kier molecular flexibility index (Phi) is 5.94. The van der Waals surface area contributed by atoms with Gasteiger partial charge in [-0.3, -0.25) is 9.69 Å². The zero-order chi connectivity index (χ0) is 18.7. The van der Waals surface area contributed by atoms with E-state index in [1.165, 1.54) is 6.07 Å². The average Bonchev–Trinajstić information content (AvgIpc) is 3.26. The zero-order valence-electron chi connectivity index (χ0n) is 15.0. The largest absolute Gasteiger partial charge is 0.435 e. The van der Waals surface area contributed by atoms with Crippen LogP contribution in [-0.2, 0) is 6.42 Å². The summed E-state index contributed by atoms with van der Waals surface area (Å²) in [6, 6.07) is 4.36. The number of likely N-dealkylation sites (tertiary alicyclic amines) is 1. The van der Waals surface area contributed by atoms with Crippen molar-refractivity contribution in [2.45, 2.75) is 39.2 Å². The van der Waals surface area contributed by atoms with Crippen LogP contribution in [0.2, 0.25) is 5.02 Å². The number of nitrogens with one attached hydrogen (secondary N) is 1. The van der Waals surface area contributed by atoms with Crippen LogP contribution in [-0.4, -0.2) is 35.4 Å². The Bertz CT molecular complexity index is 767. The molecule has 0 spiro atoms. The molecule has 0 saturated carbocycles. The normalized spacial score (nSPS) is 16.0. The Morgan fingerprint density at radius 2 is 2.15 bits per heavy atom. The van der Waals surface area contributed by atoms with Gasteiger partial charge < -0.3 is 9.73 Å². The van der Waals surface area contributed by atoms with Gasteiger partial charge in [-0.15, -0.1) is 0 Å². The van der Waals surface area contributed by atoms with Crippen molar-refractivity contribution in [3.05, 3.63) is 51.9 Å². The van der Waals surface area contributed by atoms with Crippen molar-refractivity contribution in [3.8, 4) is 0 Å². The number of rotatable bonds is 6. The first-order valence-corrected chi connectivity index (χ1v) is 9.31. The van der Waals surface area contributed by atoms with E-state index in [9.17, 15) is 9.18 Å². The summed E-state index contributed by atoms with van der Waals surface area (Å²) in [6.07, 6.45) is 2.73. The van der Waals surface area contributed by atoms with E-state index < -0.39 is 0 Å². The highest BCUT2D eigenvalue weighted by atomic mass is 35.5. The highest BCUT2D eigenvalue weighted by molar-refractivity contribution is 6.31. The third kappa shape index (κ3) is 3.91. The number of aryl methyl sites for hydroxylation is 2. The van der Waals surface area contributed by atoms with Crippen LogP contribution < -0.4 is 5.32 Å². The first kappa shape index (κ1) is 18.9. The molecule has 2 aromatic rings. The van der Waals surface area contributed by atoms with Crippen molar-refractivity contribution < 1.29 is 13.6 Å². The molecule has 5 nitrogen and oxygen atoms in total. The van der Waals surface area contributed by atoms with E-state index in [-0.39, 0.29) is 30.1 Å². The quantitative estimate of drug-likeness (QED) is 0.826. The van der Waals surface area contributed by atoms with Gasteiger partial charge in [-0.2, -0.15) is 0 Å². The van der Waals surface area contributed by atoms with Crippen LogP contribution in [0.1, 0.15) is 53.5 Å². The van der Waals surface area contributed by atoms with Gasteiger partial charge in [-0.1, -0.05) is 24.6 Å². The lowest BCUT2D eigenvalue weighted by atomic mass is 10.0. The Labute approximate surface area is 157 Å².